The van der Waals surface area contributed by atoms with Crippen molar-refractivity contribution in [2.24, 2.45) is 0 Å². The molecule has 2 aliphatic rings. The first-order chi connectivity index (χ1) is 14.4. The lowest BCUT2D eigenvalue weighted by Gasteiger charge is -2.36. The van der Waals surface area contributed by atoms with Crippen LogP contribution in [0.25, 0.3) is 0 Å². The lowest BCUT2D eigenvalue weighted by atomic mass is 10.1. The molecule has 2 fully saturated rings. The van der Waals surface area contributed by atoms with Crippen molar-refractivity contribution in [2.75, 3.05) is 42.9 Å². The highest BCUT2D eigenvalue weighted by Gasteiger charge is 2.27. The van der Waals surface area contributed by atoms with Crippen molar-refractivity contribution in [1.29, 1.82) is 0 Å². The number of hydrogen-bond acceptors (Lipinski definition) is 6. The normalized spacial score (nSPS) is 20.2. The van der Waals surface area contributed by atoms with Crippen LogP contribution in [-0.4, -0.2) is 66.6 Å². The minimum absolute atomic E-state index is 0.224. The largest absolute Gasteiger partial charge is 0.481 e. The Morgan fingerprint density at radius 3 is 2.60 bits per heavy atom. The molecule has 0 spiro atoms. The van der Waals surface area contributed by atoms with Crippen LogP contribution in [0, 0.1) is 5.82 Å². The van der Waals surface area contributed by atoms with Crippen molar-refractivity contribution in [3.05, 3.63) is 24.0 Å². The van der Waals surface area contributed by atoms with Gasteiger partial charge in [-0.1, -0.05) is 6.42 Å². The van der Waals surface area contributed by atoms with Gasteiger partial charge in [0, 0.05) is 44.7 Å². The molecule has 8 nitrogen and oxygen atoms in total. The van der Waals surface area contributed by atoms with Crippen molar-refractivity contribution in [2.45, 2.75) is 44.6 Å². The zero-order valence-electron chi connectivity index (χ0n) is 17.0. The van der Waals surface area contributed by atoms with Crippen LogP contribution in [0.3, 0.4) is 0 Å². The molecular weight excluding hydrogens is 391 g/mol. The second-order valence-corrected chi connectivity index (χ2v) is 7.85. The topological polar surface area (TPSA) is 102 Å². The Kier molecular flexibility index (Phi) is 7.62. The predicted octanol–water partition coefficient (Wildman–Crippen LogP) is 1.81. The number of carboxylic acid groups (broad SMARTS) is 1. The number of amides is 2. The number of piperidine rings is 1. The van der Waals surface area contributed by atoms with Gasteiger partial charge in [0.2, 0.25) is 11.8 Å². The van der Waals surface area contributed by atoms with Gasteiger partial charge in [-0.15, -0.1) is 0 Å². The van der Waals surface area contributed by atoms with E-state index in [9.17, 15) is 18.8 Å². The molecule has 0 radical (unpaired) electrons. The molecule has 1 aromatic carbocycles. The van der Waals surface area contributed by atoms with E-state index in [1.165, 1.54) is 6.07 Å². The molecule has 0 aliphatic carbocycles. The zero-order chi connectivity index (χ0) is 21.5. The summed E-state index contributed by atoms with van der Waals surface area (Å²) in [5.41, 5.74) is 1.07. The van der Waals surface area contributed by atoms with Gasteiger partial charge in [0.05, 0.1) is 5.69 Å². The van der Waals surface area contributed by atoms with Crippen LogP contribution in [0.4, 0.5) is 15.8 Å². The maximum absolute atomic E-state index is 14.7. The molecule has 0 bridgehead atoms. The van der Waals surface area contributed by atoms with Gasteiger partial charge in [-0.2, -0.15) is 0 Å². The van der Waals surface area contributed by atoms with E-state index >= 15 is 0 Å². The van der Waals surface area contributed by atoms with Gasteiger partial charge in [0.1, 0.15) is 11.9 Å². The van der Waals surface area contributed by atoms with E-state index in [0.717, 1.165) is 45.6 Å². The molecule has 3 N–H and O–H groups in total. The molecule has 1 aromatic rings. The second-order valence-electron chi connectivity index (χ2n) is 7.85. The molecular formula is C21H29FN4O4. The second kappa shape index (κ2) is 10.4. The van der Waals surface area contributed by atoms with E-state index in [-0.39, 0.29) is 30.5 Å². The van der Waals surface area contributed by atoms with E-state index in [4.69, 9.17) is 5.11 Å². The summed E-state index contributed by atoms with van der Waals surface area (Å²) in [5, 5.41) is 13.9. The lowest BCUT2D eigenvalue weighted by molar-refractivity contribution is -0.137. The third-order valence-corrected chi connectivity index (χ3v) is 5.61. The summed E-state index contributed by atoms with van der Waals surface area (Å²) in [6.07, 6.45) is 3.48. The van der Waals surface area contributed by atoms with Crippen molar-refractivity contribution in [3.8, 4) is 0 Å². The number of anilines is 2. The number of imide groups is 1. The summed E-state index contributed by atoms with van der Waals surface area (Å²) in [4.78, 5) is 38.0. The van der Waals surface area contributed by atoms with E-state index < -0.39 is 12.0 Å². The molecule has 2 heterocycles. The van der Waals surface area contributed by atoms with Crippen LogP contribution in [0.2, 0.25) is 0 Å². The van der Waals surface area contributed by atoms with Crippen LogP contribution in [0.15, 0.2) is 18.2 Å². The summed E-state index contributed by atoms with van der Waals surface area (Å²) in [6.45, 7) is 4.08. The number of piperazine rings is 1. The number of halogens is 1. The van der Waals surface area contributed by atoms with Crippen LogP contribution in [0.5, 0.6) is 0 Å². The number of carbonyl (C=O) groups excluding carboxylic acids is 2. The standard InChI is InChI=1S/C21H29FN4O4/c22-16-14-15(23-17-6-8-19(27)24-21(17)30)5-7-18(16)26-12-10-25(11-13-26)9-3-1-2-4-20(28)29/h5,7,14,17,23H,1-4,6,8-13H2,(H,28,29)(H,24,27,30). The molecule has 3 rings (SSSR count). The molecule has 2 amide bonds. The van der Waals surface area contributed by atoms with Gasteiger partial charge in [-0.05, 0) is 44.0 Å². The Morgan fingerprint density at radius 1 is 1.17 bits per heavy atom. The summed E-state index contributed by atoms with van der Waals surface area (Å²) in [6, 6.07) is 4.35. The van der Waals surface area contributed by atoms with Gasteiger partial charge in [0.25, 0.3) is 0 Å². The maximum atomic E-state index is 14.7. The van der Waals surface area contributed by atoms with Gasteiger partial charge in [0.15, 0.2) is 0 Å². The monoisotopic (exact) mass is 420 g/mol. The number of benzene rings is 1. The molecule has 0 aromatic heterocycles. The SMILES string of the molecule is O=C(O)CCCCCN1CCN(c2ccc(NC3CCC(=O)NC3=O)cc2F)CC1. The average molecular weight is 420 g/mol. The fourth-order valence-corrected chi connectivity index (χ4v) is 3.89. The zero-order valence-corrected chi connectivity index (χ0v) is 17.0. The molecule has 30 heavy (non-hydrogen) atoms. The first-order valence-electron chi connectivity index (χ1n) is 10.5. The molecule has 0 saturated carbocycles. The quantitative estimate of drug-likeness (QED) is 0.414. The lowest BCUT2D eigenvalue weighted by Crippen LogP contribution is -2.47. The van der Waals surface area contributed by atoms with Crippen molar-refractivity contribution >= 4 is 29.2 Å². The summed E-state index contributed by atoms with van der Waals surface area (Å²) < 4.78 is 14.7. The average Bonchev–Trinajstić information content (AvgIpc) is 2.70. The van der Waals surface area contributed by atoms with Crippen molar-refractivity contribution in [3.63, 3.8) is 0 Å². The van der Waals surface area contributed by atoms with Crippen molar-refractivity contribution < 1.29 is 23.9 Å². The summed E-state index contributed by atoms with van der Waals surface area (Å²) in [7, 11) is 0. The number of nitrogens with one attached hydrogen (secondary N) is 2. The van der Waals surface area contributed by atoms with E-state index in [0.29, 0.717) is 24.2 Å². The minimum Gasteiger partial charge on any atom is -0.481 e. The van der Waals surface area contributed by atoms with E-state index in [2.05, 4.69) is 15.5 Å². The molecule has 2 aliphatic heterocycles. The highest BCUT2D eigenvalue weighted by molar-refractivity contribution is 6.01. The fraction of sp³-hybridized carbons (Fsp3) is 0.571. The molecule has 1 atom stereocenters. The number of hydrogen-bond donors (Lipinski definition) is 3. The maximum Gasteiger partial charge on any atom is 0.303 e. The number of nitrogens with zero attached hydrogens (tertiary/aromatic N) is 2. The third kappa shape index (κ3) is 6.16. The third-order valence-electron chi connectivity index (χ3n) is 5.61. The van der Waals surface area contributed by atoms with Gasteiger partial charge in [-0.25, -0.2) is 4.39 Å². The molecule has 9 heteroatoms. The Bertz CT molecular complexity index is 780. The Morgan fingerprint density at radius 2 is 1.93 bits per heavy atom. The molecule has 2 saturated heterocycles. The van der Waals surface area contributed by atoms with E-state index in [1.807, 2.05) is 4.90 Å². The molecule has 1 unspecified atom stereocenters. The Hall–Kier alpha value is -2.68. The van der Waals surface area contributed by atoms with Crippen LogP contribution < -0.4 is 15.5 Å². The predicted molar refractivity (Wildman–Crippen MR) is 111 cm³/mol. The van der Waals surface area contributed by atoms with Gasteiger partial charge >= 0.3 is 5.97 Å². The number of aliphatic carboxylic acids is 1. The number of unbranched alkanes of at least 4 members (excludes halogenated alkanes) is 2. The van der Waals surface area contributed by atoms with Crippen molar-refractivity contribution in [1.82, 2.24) is 10.2 Å². The van der Waals surface area contributed by atoms with E-state index in [1.54, 1.807) is 12.1 Å². The number of rotatable bonds is 9. The van der Waals surface area contributed by atoms with Gasteiger partial charge < -0.3 is 15.3 Å². The summed E-state index contributed by atoms with van der Waals surface area (Å²) >= 11 is 0. The Labute approximate surface area is 175 Å². The first-order valence-corrected chi connectivity index (χ1v) is 10.5. The minimum atomic E-state index is -0.746. The smallest absolute Gasteiger partial charge is 0.303 e. The highest BCUT2D eigenvalue weighted by atomic mass is 19.1. The van der Waals surface area contributed by atoms with Crippen LogP contribution >= 0.6 is 0 Å². The van der Waals surface area contributed by atoms with Gasteiger partial charge in [-0.3, -0.25) is 24.6 Å². The number of carbonyl (C=O) groups is 3. The molecule has 164 valence electrons. The first kappa shape index (κ1) is 22.0. The number of carboxylic acids is 1. The fourth-order valence-electron chi connectivity index (χ4n) is 3.89. The highest BCUT2D eigenvalue weighted by Crippen LogP contribution is 2.25. The van der Waals surface area contributed by atoms with Crippen LogP contribution in [0.1, 0.15) is 38.5 Å². The van der Waals surface area contributed by atoms with Crippen LogP contribution in [-0.2, 0) is 14.4 Å². The Balaban J connectivity index is 1.45. The summed E-state index contributed by atoms with van der Waals surface area (Å²) in [5.74, 6) is -1.74.